The molecule has 0 amide bonds. The number of hydrogen-bond donors (Lipinski definition) is 1. The molecule has 0 aliphatic heterocycles. The Morgan fingerprint density at radius 2 is 1.75 bits per heavy atom. The van der Waals surface area contributed by atoms with E-state index in [1.54, 1.807) is 12.1 Å². The van der Waals surface area contributed by atoms with Gasteiger partial charge in [-0.05, 0) is 18.2 Å². The average molecular weight is 310 g/mol. The van der Waals surface area contributed by atoms with Crippen LogP contribution in [0.15, 0.2) is 24.3 Å². The molecule has 1 heterocycles. The molecule has 1 aromatic heterocycles. The van der Waals surface area contributed by atoms with Gasteiger partial charge in [0.1, 0.15) is 11.6 Å². The van der Waals surface area contributed by atoms with Gasteiger partial charge in [-0.15, -0.1) is 0 Å². The van der Waals surface area contributed by atoms with Gasteiger partial charge in [0.25, 0.3) is 0 Å². The van der Waals surface area contributed by atoms with E-state index in [1.165, 1.54) is 0 Å². The second-order valence-corrected chi connectivity index (χ2v) is 6.43. The molecule has 0 unspecified atom stereocenters. The molecule has 0 saturated heterocycles. The Bertz CT molecular complexity index is 634. The molecular weight excluding hydrogens is 293 g/mol. The van der Waals surface area contributed by atoms with Gasteiger partial charge < -0.3 is 5.32 Å². The minimum atomic E-state index is -0.146. The third-order valence-corrected chi connectivity index (χ3v) is 3.42. The van der Waals surface area contributed by atoms with Crippen LogP contribution >= 0.6 is 23.2 Å². The number of aromatic nitrogens is 2. The normalized spacial score (nSPS) is 11.5. The summed E-state index contributed by atoms with van der Waals surface area (Å²) in [5.41, 5.74) is 1.43. The Morgan fingerprint density at radius 3 is 2.35 bits per heavy atom. The van der Waals surface area contributed by atoms with E-state index in [0.29, 0.717) is 10.0 Å². The molecule has 0 bridgehead atoms. The maximum Gasteiger partial charge on any atom is 0.136 e. The number of nitrogens with zero attached hydrogens (tertiary/aromatic N) is 2. The standard InChI is InChI=1S/C15H17Cl2N3/c1-15(2,3)14-19-12(8-13(18-4)20-14)10-7-9(16)5-6-11(10)17/h5-8H,1-4H3,(H,18,19,20). The van der Waals surface area contributed by atoms with Crippen molar-refractivity contribution in [3.05, 3.63) is 40.1 Å². The third-order valence-electron chi connectivity index (χ3n) is 2.86. The van der Waals surface area contributed by atoms with Crippen LogP contribution < -0.4 is 5.32 Å². The number of rotatable bonds is 2. The maximum atomic E-state index is 6.25. The van der Waals surface area contributed by atoms with Crippen LogP contribution in [0, 0.1) is 0 Å². The second kappa shape index (κ2) is 5.58. The highest BCUT2D eigenvalue weighted by Gasteiger charge is 2.20. The first-order valence-corrected chi connectivity index (χ1v) is 7.09. The monoisotopic (exact) mass is 309 g/mol. The summed E-state index contributed by atoms with van der Waals surface area (Å²) in [4.78, 5) is 9.13. The Morgan fingerprint density at radius 1 is 1.05 bits per heavy atom. The lowest BCUT2D eigenvalue weighted by Crippen LogP contribution is -2.17. The predicted molar refractivity (Wildman–Crippen MR) is 85.7 cm³/mol. The molecule has 0 spiro atoms. The lowest BCUT2D eigenvalue weighted by molar-refractivity contribution is 0.547. The lowest BCUT2D eigenvalue weighted by Gasteiger charge is -2.19. The van der Waals surface area contributed by atoms with E-state index >= 15 is 0 Å². The van der Waals surface area contributed by atoms with Gasteiger partial charge in [0, 0.05) is 29.1 Å². The highest BCUT2D eigenvalue weighted by Crippen LogP contribution is 2.32. The van der Waals surface area contributed by atoms with Crippen molar-refractivity contribution in [2.75, 3.05) is 12.4 Å². The Kier molecular flexibility index (Phi) is 4.21. The summed E-state index contributed by atoms with van der Waals surface area (Å²) < 4.78 is 0. The SMILES string of the molecule is CNc1cc(-c2cc(Cl)ccc2Cl)nc(C(C)(C)C)n1. The predicted octanol–water partition coefficient (Wildman–Crippen LogP) is 4.79. The fourth-order valence-electron chi connectivity index (χ4n) is 1.74. The number of benzene rings is 1. The quantitative estimate of drug-likeness (QED) is 0.866. The molecule has 0 saturated carbocycles. The second-order valence-electron chi connectivity index (χ2n) is 5.59. The molecule has 3 nitrogen and oxygen atoms in total. The zero-order valence-corrected chi connectivity index (χ0v) is 13.5. The summed E-state index contributed by atoms with van der Waals surface area (Å²) in [6, 6.07) is 7.22. The first-order valence-electron chi connectivity index (χ1n) is 6.34. The van der Waals surface area contributed by atoms with Crippen LogP contribution in [0.4, 0.5) is 5.82 Å². The van der Waals surface area contributed by atoms with Gasteiger partial charge in [-0.1, -0.05) is 44.0 Å². The highest BCUT2D eigenvalue weighted by atomic mass is 35.5. The van der Waals surface area contributed by atoms with E-state index in [-0.39, 0.29) is 5.41 Å². The summed E-state index contributed by atoms with van der Waals surface area (Å²) >= 11 is 12.3. The van der Waals surface area contributed by atoms with E-state index in [1.807, 2.05) is 19.2 Å². The fraction of sp³-hybridized carbons (Fsp3) is 0.333. The van der Waals surface area contributed by atoms with Gasteiger partial charge in [-0.3, -0.25) is 0 Å². The fourth-order valence-corrected chi connectivity index (χ4v) is 2.13. The first kappa shape index (κ1) is 15.1. The van der Waals surface area contributed by atoms with Crippen LogP contribution in [0.2, 0.25) is 10.0 Å². The van der Waals surface area contributed by atoms with Crippen molar-refractivity contribution >= 4 is 29.0 Å². The van der Waals surface area contributed by atoms with Crippen LogP contribution in [0.5, 0.6) is 0 Å². The van der Waals surface area contributed by atoms with Crippen molar-refractivity contribution in [2.24, 2.45) is 0 Å². The Hall–Kier alpha value is -1.32. The van der Waals surface area contributed by atoms with E-state index in [4.69, 9.17) is 23.2 Å². The van der Waals surface area contributed by atoms with Gasteiger partial charge in [0.2, 0.25) is 0 Å². The molecule has 0 fully saturated rings. The minimum Gasteiger partial charge on any atom is -0.373 e. The molecule has 5 heteroatoms. The summed E-state index contributed by atoms with van der Waals surface area (Å²) in [6.45, 7) is 6.22. The largest absolute Gasteiger partial charge is 0.373 e. The van der Waals surface area contributed by atoms with Crippen LogP contribution in [0.1, 0.15) is 26.6 Å². The molecule has 0 atom stereocenters. The van der Waals surface area contributed by atoms with Crippen LogP contribution in [-0.2, 0) is 5.41 Å². The molecule has 2 aromatic rings. The highest BCUT2D eigenvalue weighted by molar-refractivity contribution is 6.35. The topological polar surface area (TPSA) is 37.8 Å². The molecule has 1 aromatic carbocycles. The molecule has 1 N–H and O–H groups in total. The van der Waals surface area contributed by atoms with Crippen molar-refractivity contribution in [3.63, 3.8) is 0 Å². The smallest absolute Gasteiger partial charge is 0.136 e. The number of hydrogen-bond acceptors (Lipinski definition) is 3. The first-order chi connectivity index (χ1) is 9.31. The Labute approximate surface area is 129 Å². The lowest BCUT2D eigenvalue weighted by atomic mass is 9.95. The van der Waals surface area contributed by atoms with Crippen LogP contribution in [0.25, 0.3) is 11.3 Å². The van der Waals surface area contributed by atoms with Gasteiger partial charge in [-0.25, -0.2) is 9.97 Å². The van der Waals surface area contributed by atoms with Crippen molar-refractivity contribution < 1.29 is 0 Å². The molecule has 2 rings (SSSR count). The molecule has 0 aliphatic rings. The van der Waals surface area contributed by atoms with Crippen LogP contribution in [0.3, 0.4) is 0 Å². The summed E-state index contributed by atoms with van der Waals surface area (Å²) in [5.74, 6) is 1.52. The van der Waals surface area contributed by atoms with E-state index in [2.05, 4.69) is 36.1 Å². The minimum absolute atomic E-state index is 0.146. The van der Waals surface area contributed by atoms with Gasteiger partial charge >= 0.3 is 0 Å². The van der Waals surface area contributed by atoms with Crippen molar-refractivity contribution in [2.45, 2.75) is 26.2 Å². The number of nitrogens with one attached hydrogen (secondary N) is 1. The van der Waals surface area contributed by atoms with Gasteiger partial charge in [-0.2, -0.15) is 0 Å². The molecular formula is C15H17Cl2N3. The maximum absolute atomic E-state index is 6.25. The van der Waals surface area contributed by atoms with E-state index < -0.39 is 0 Å². The van der Waals surface area contributed by atoms with E-state index in [9.17, 15) is 0 Å². The number of halogens is 2. The van der Waals surface area contributed by atoms with Crippen molar-refractivity contribution in [3.8, 4) is 11.3 Å². The van der Waals surface area contributed by atoms with Crippen LogP contribution in [-0.4, -0.2) is 17.0 Å². The zero-order chi connectivity index (χ0) is 14.9. The number of anilines is 1. The van der Waals surface area contributed by atoms with Crippen molar-refractivity contribution in [1.29, 1.82) is 0 Å². The molecule has 20 heavy (non-hydrogen) atoms. The zero-order valence-electron chi connectivity index (χ0n) is 12.0. The molecule has 0 aliphatic carbocycles. The molecule has 0 radical (unpaired) electrons. The van der Waals surface area contributed by atoms with E-state index in [0.717, 1.165) is 22.9 Å². The summed E-state index contributed by atoms with van der Waals surface area (Å²) in [7, 11) is 1.83. The molecule has 106 valence electrons. The summed E-state index contributed by atoms with van der Waals surface area (Å²) in [6.07, 6.45) is 0. The average Bonchev–Trinajstić information content (AvgIpc) is 2.40. The summed E-state index contributed by atoms with van der Waals surface area (Å²) in [5, 5.41) is 4.31. The van der Waals surface area contributed by atoms with Gasteiger partial charge in [0.15, 0.2) is 0 Å². The van der Waals surface area contributed by atoms with Crippen molar-refractivity contribution in [1.82, 2.24) is 9.97 Å². The third kappa shape index (κ3) is 3.22. The van der Waals surface area contributed by atoms with Gasteiger partial charge in [0.05, 0.1) is 10.7 Å². The Balaban J connectivity index is 2.64.